The molecule has 212 valence electrons. The van der Waals surface area contributed by atoms with Gasteiger partial charge in [0, 0.05) is 49.0 Å². The number of hydrogen-bond donors (Lipinski definition) is 0. The predicted octanol–water partition coefficient (Wildman–Crippen LogP) is 6.73. The van der Waals surface area contributed by atoms with Crippen LogP contribution in [-0.4, -0.2) is 58.0 Å². The van der Waals surface area contributed by atoms with Gasteiger partial charge in [-0.25, -0.2) is 4.98 Å². The number of pyridine rings is 2. The Morgan fingerprint density at radius 3 is 2.56 bits per heavy atom. The Morgan fingerprint density at radius 1 is 0.927 bits per heavy atom. The molecule has 1 amide bonds. The molecule has 0 saturated carbocycles. The number of rotatable bonds is 2. The quantitative estimate of drug-likeness (QED) is 0.276. The number of fused-ring (bicyclic) bond motifs is 3. The molecule has 0 aliphatic carbocycles. The third-order valence-corrected chi connectivity index (χ3v) is 8.30. The van der Waals surface area contributed by atoms with Gasteiger partial charge in [0.25, 0.3) is 5.91 Å². The fraction of sp³-hybridized carbons (Fsp3) is 0.382. The van der Waals surface area contributed by atoms with Crippen molar-refractivity contribution >= 4 is 16.8 Å². The molecule has 0 unspecified atom stereocenters. The van der Waals surface area contributed by atoms with Gasteiger partial charge in [0.1, 0.15) is 0 Å². The van der Waals surface area contributed by atoms with E-state index in [2.05, 4.69) is 34.8 Å². The van der Waals surface area contributed by atoms with Crippen LogP contribution in [0.2, 0.25) is 0 Å². The molecule has 7 heteroatoms. The van der Waals surface area contributed by atoms with Gasteiger partial charge in [0.2, 0.25) is 5.88 Å². The van der Waals surface area contributed by atoms with Crippen LogP contribution in [0.1, 0.15) is 55.5 Å². The van der Waals surface area contributed by atoms with Crippen LogP contribution < -0.4 is 9.47 Å². The highest BCUT2D eigenvalue weighted by atomic mass is 16.5. The third-order valence-electron chi connectivity index (χ3n) is 8.30. The Balaban J connectivity index is 1.19. The smallest absolute Gasteiger partial charge is 0.255 e. The number of carbonyl (C=O) groups excluding carboxylic acids is 1. The number of benzene rings is 2. The van der Waals surface area contributed by atoms with Crippen molar-refractivity contribution in [3.63, 3.8) is 0 Å². The molecule has 2 aliphatic heterocycles. The lowest BCUT2D eigenvalue weighted by Gasteiger charge is -2.39. The molecule has 0 spiro atoms. The van der Waals surface area contributed by atoms with Crippen LogP contribution in [0, 0.1) is 5.41 Å². The van der Waals surface area contributed by atoms with Gasteiger partial charge < -0.3 is 14.4 Å². The molecule has 7 nitrogen and oxygen atoms in total. The molecular formula is C34H38N4O3. The van der Waals surface area contributed by atoms with Crippen molar-refractivity contribution in [1.29, 1.82) is 0 Å². The summed E-state index contributed by atoms with van der Waals surface area (Å²) in [6, 6.07) is 22.2. The number of carbonyl (C=O) groups is 1. The van der Waals surface area contributed by atoms with Crippen LogP contribution in [0.5, 0.6) is 17.4 Å². The van der Waals surface area contributed by atoms with Gasteiger partial charge in [0.05, 0.1) is 17.7 Å². The van der Waals surface area contributed by atoms with E-state index in [0.29, 0.717) is 29.8 Å². The Labute approximate surface area is 242 Å². The third kappa shape index (κ3) is 6.35. The molecule has 2 aliphatic rings. The highest BCUT2D eigenvalue weighted by Gasteiger charge is 2.29. The van der Waals surface area contributed by atoms with Crippen molar-refractivity contribution in [2.75, 3.05) is 26.2 Å². The van der Waals surface area contributed by atoms with Crippen LogP contribution in [0.3, 0.4) is 0 Å². The maximum absolute atomic E-state index is 13.4. The summed E-state index contributed by atoms with van der Waals surface area (Å²) < 4.78 is 12.6. The summed E-state index contributed by atoms with van der Waals surface area (Å²) in [4.78, 5) is 27.1. The number of nitrogens with zero attached hydrogens (tertiary/aromatic N) is 4. The molecule has 1 fully saturated rings. The van der Waals surface area contributed by atoms with Gasteiger partial charge in [-0.2, -0.15) is 0 Å². The van der Waals surface area contributed by atoms with Gasteiger partial charge in [0.15, 0.2) is 11.5 Å². The zero-order valence-electron chi connectivity index (χ0n) is 24.0. The first-order chi connectivity index (χ1) is 19.9. The summed E-state index contributed by atoms with van der Waals surface area (Å²) in [6.45, 7) is 8.33. The molecule has 4 aromatic rings. The van der Waals surface area contributed by atoms with Gasteiger partial charge >= 0.3 is 0 Å². The normalized spacial score (nSPS) is 18.5. The number of aromatic nitrogens is 2. The zero-order valence-corrected chi connectivity index (χ0v) is 24.0. The standard InChI is InChI=1S/C34H38N4O3/c1-34(2)16-8-18-38(23-26-10-7-17-35-32(26)41-31-13-6-5-12-30(31)40-24-34)28-14-19-37(20-15-28)33(39)27-21-25-9-3-4-11-29(25)36-22-27/h3-7,9-13,17,21-22,28H,8,14-16,18-20,23-24H2,1-2H3. The Hall–Kier alpha value is -3.97. The largest absolute Gasteiger partial charge is 0.489 e. The SMILES string of the molecule is CC1(C)CCCN(C2CCN(C(=O)c3cnc4ccccc4c3)CC2)Cc2cccnc2Oc2ccccc2OC1. The lowest BCUT2D eigenvalue weighted by Crippen LogP contribution is -2.47. The summed E-state index contributed by atoms with van der Waals surface area (Å²) in [5, 5.41) is 0.994. The van der Waals surface area contributed by atoms with Crippen molar-refractivity contribution < 1.29 is 14.3 Å². The summed E-state index contributed by atoms with van der Waals surface area (Å²) >= 11 is 0. The summed E-state index contributed by atoms with van der Waals surface area (Å²) in [5.74, 6) is 2.11. The van der Waals surface area contributed by atoms with E-state index in [0.717, 1.165) is 74.1 Å². The van der Waals surface area contributed by atoms with E-state index in [-0.39, 0.29) is 11.3 Å². The minimum atomic E-state index is 0.0294. The van der Waals surface area contributed by atoms with Crippen LogP contribution in [0.15, 0.2) is 79.1 Å². The molecular weight excluding hydrogens is 512 g/mol. The van der Waals surface area contributed by atoms with Crippen LogP contribution >= 0.6 is 0 Å². The Kier molecular flexibility index (Phi) is 7.88. The molecule has 6 rings (SSSR count). The average molecular weight is 551 g/mol. The van der Waals surface area contributed by atoms with Crippen LogP contribution in [0.25, 0.3) is 10.9 Å². The predicted molar refractivity (Wildman–Crippen MR) is 160 cm³/mol. The van der Waals surface area contributed by atoms with Gasteiger partial charge in [-0.15, -0.1) is 0 Å². The number of para-hydroxylation sites is 3. The Bertz CT molecular complexity index is 1510. The van der Waals surface area contributed by atoms with Gasteiger partial charge in [-0.05, 0) is 68.0 Å². The fourth-order valence-electron chi connectivity index (χ4n) is 5.91. The number of likely N-dealkylation sites (tertiary alicyclic amines) is 1. The lowest BCUT2D eigenvalue weighted by molar-refractivity contribution is 0.0594. The van der Waals surface area contributed by atoms with E-state index in [4.69, 9.17) is 9.47 Å². The molecule has 0 bridgehead atoms. The van der Waals surface area contributed by atoms with Crippen molar-refractivity contribution in [3.8, 4) is 17.4 Å². The fourth-order valence-corrected chi connectivity index (χ4v) is 5.91. The highest BCUT2D eigenvalue weighted by Crippen LogP contribution is 2.35. The maximum atomic E-state index is 13.4. The lowest BCUT2D eigenvalue weighted by atomic mass is 9.88. The van der Waals surface area contributed by atoms with E-state index >= 15 is 0 Å². The van der Waals surface area contributed by atoms with E-state index in [1.807, 2.05) is 65.6 Å². The topological polar surface area (TPSA) is 67.8 Å². The highest BCUT2D eigenvalue weighted by molar-refractivity contribution is 5.97. The van der Waals surface area contributed by atoms with E-state index in [1.165, 1.54) is 0 Å². The van der Waals surface area contributed by atoms with Crippen molar-refractivity contribution in [1.82, 2.24) is 19.8 Å². The zero-order chi connectivity index (χ0) is 28.2. The maximum Gasteiger partial charge on any atom is 0.255 e. The van der Waals surface area contributed by atoms with Crippen molar-refractivity contribution in [2.45, 2.75) is 52.1 Å². The number of hydrogen-bond acceptors (Lipinski definition) is 6. The molecule has 41 heavy (non-hydrogen) atoms. The molecule has 1 saturated heterocycles. The number of ether oxygens (including phenoxy) is 2. The van der Waals surface area contributed by atoms with Gasteiger partial charge in [-0.3, -0.25) is 14.7 Å². The van der Waals surface area contributed by atoms with E-state index < -0.39 is 0 Å². The first-order valence-corrected chi connectivity index (χ1v) is 14.7. The van der Waals surface area contributed by atoms with E-state index in [9.17, 15) is 4.79 Å². The molecule has 0 N–H and O–H groups in total. The monoisotopic (exact) mass is 550 g/mol. The summed E-state index contributed by atoms with van der Waals surface area (Å²) in [5.41, 5.74) is 2.65. The first-order valence-electron chi connectivity index (χ1n) is 14.7. The summed E-state index contributed by atoms with van der Waals surface area (Å²) in [7, 11) is 0. The second kappa shape index (κ2) is 11.9. The van der Waals surface area contributed by atoms with Crippen LogP contribution in [-0.2, 0) is 6.54 Å². The molecule has 0 atom stereocenters. The second-order valence-corrected chi connectivity index (χ2v) is 12.0. The molecule has 0 radical (unpaired) electrons. The van der Waals surface area contributed by atoms with Crippen molar-refractivity contribution in [3.05, 3.63) is 90.3 Å². The minimum Gasteiger partial charge on any atom is -0.489 e. The summed E-state index contributed by atoms with van der Waals surface area (Å²) in [6.07, 6.45) is 7.47. The van der Waals surface area contributed by atoms with Gasteiger partial charge in [-0.1, -0.05) is 50.2 Å². The van der Waals surface area contributed by atoms with Crippen LogP contribution in [0.4, 0.5) is 0 Å². The second-order valence-electron chi connectivity index (χ2n) is 12.0. The molecule has 4 heterocycles. The average Bonchev–Trinajstić information content (AvgIpc) is 3.01. The number of piperidine rings is 1. The number of amides is 1. The van der Waals surface area contributed by atoms with E-state index in [1.54, 1.807) is 12.4 Å². The molecule has 2 aromatic carbocycles. The Morgan fingerprint density at radius 2 is 1.71 bits per heavy atom. The molecule has 2 aromatic heterocycles. The minimum absolute atomic E-state index is 0.0294. The first kappa shape index (κ1) is 27.2. The van der Waals surface area contributed by atoms with Crippen molar-refractivity contribution in [2.24, 2.45) is 5.41 Å².